The maximum Gasteiger partial charge on any atom is 0.271 e. The maximum absolute atomic E-state index is 12.5. The molecule has 9 heteroatoms. The van der Waals surface area contributed by atoms with Gasteiger partial charge in [0.1, 0.15) is 24.0 Å². The summed E-state index contributed by atoms with van der Waals surface area (Å²) < 4.78 is 6.25. The molecule has 2 rings (SSSR count). The number of non-ortho nitro benzene ring substituents is 1. The molecular formula is C19H13BrClN3O4. The number of nitrogens with zero attached hydrogens (tertiary/aromatic N) is 2. The number of hydrogen-bond donors (Lipinski definition) is 1. The molecule has 0 bridgehead atoms. The largest absolute Gasteiger partial charge is 0.489 e. The lowest BCUT2D eigenvalue weighted by Gasteiger charge is -2.09. The molecule has 1 amide bonds. The van der Waals surface area contributed by atoms with Gasteiger partial charge in [0.15, 0.2) is 0 Å². The Hall–Kier alpha value is -3.15. The fourth-order valence-corrected chi connectivity index (χ4v) is 2.67. The lowest BCUT2D eigenvalue weighted by molar-refractivity contribution is -0.384. The Morgan fingerprint density at radius 3 is 2.79 bits per heavy atom. The van der Waals surface area contributed by atoms with Gasteiger partial charge in [0.2, 0.25) is 0 Å². The minimum Gasteiger partial charge on any atom is -0.489 e. The standard InChI is InChI=1S/C19H13BrClN3O4/c1-2-7-28-18-6-3-14(20)9-12(18)8-13(11-22)19(25)23-17-10-15(24(26)27)4-5-16(17)21/h2-6,8-10H,1,7H2,(H,23,25)/b13-8+. The maximum atomic E-state index is 12.5. The first-order valence-corrected chi connectivity index (χ1v) is 8.93. The van der Waals surface area contributed by atoms with Gasteiger partial charge in [-0.1, -0.05) is 40.2 Å². The van der Waals surface area contributed by atoms with Gasteiger partial charge in [0, 0.05) is 22.2 Å². The highest BCUT2D eigenvalue weighted by molar-refractivity contribution is 9.10. The number of carbonyl (C=O) groups is 1. The molecule has 0 spiro atoms. The average molecular weight is 463 g/mol. The average Bonchev–Trinajstić information content (AvgIpc) is 2.66. The van der Waals surface area contributed by atoms with Gasteiger partial charge in [-0.3, -0.25) is 14.9 Å². The van der Waals surface area contributed by atoms with Gasteiger partial charge in [0.05, 0.1) is 15.6 Å². The van der Waals surface area contributed by atoms with E-state index in [2.05, 4.69) is 27.8 Å². The molecule has 0 atom stereocenters. The van der Waals surface area contributed by atoms with Crippen LogP contribution in [0.25, 0.3) is 6.08 Å². The highest BCUT2D eigenvalue weighted by Crippen LogP contribution is 2.28. The van der Waals surface area contributed by atoms with Gasteiger partial charge in [-0.15, -0.1) is 0 Å². The molecule has 28 heavy (non-hydrogen) atoms. The molecule has 0 heterocycles. The van der Waals surface area contributed by atoms with Gasteiger partial charge >= 0.3 is 0 Å². The molecule has 2 aromatic carbocycles. The summed E-state index contributed by atoms with van der Waals surface area (Å²) in [7, 11) is 0. The molecule has 0 aliphatic rings. The van der Waals surface area contributed by atoms with Crippen LogP contribution in [-0.2, 0) is 4.79 Å². The van der Waals surface area contributed by atoms with Crippen LogP contribution >= 0.6 is 27.5 Å². The van der Waals surface area contributed by atoms with Crippen molar-refractivity contribution in [1.29, 1.82) is 5.26 Å². The monoisotopic (exact) mass is 461 g/mol. The summed E-state index contributed by atoms with van der Waals surface area (Å²) in [6.45, 7) is 3.83. The minimum absolute atomic E-state index is 0.0272. The van der Waals surface area contributed by atoms with Crippen LogP contribution in [0, 0.1) is 21.4 Å². The van der Waals surface area contributed by atoms with Crippen LogP contribution in [0.15, 0.2) is 59.1 Å². The smallest absolute Gasteiger partial charge is 0.271 e. The molecule has 0 saturated carbocycles. The number of nitrogens with one attached hydrogen (secondary N) is 1. The van der Waals surface area contributed by atoms with E-state index in [-0.39, 0.29) is 28.6 Å². The summed E-state index contributed by atoms with van der Waals surface area (Å²) in [5.74, 6) is -0.309. The Labute approximate surface area is 174 Å². The van der Waals surface area contributed by atoms with Crippen molar-refractivity contribution >= 4 is 50.9 Å². The van der Waals surface area contributed by atoms with Crippen LogP contribution in [0.3, 0.4) is 0 Å². The number of ether oxygens (including phenoxy) is 1. The topological polar surface area (TPSA) is 105 Å². The highest BCUT2D eigenvalue weighted by atomic mass is 79.9. The van der Waals surface area contributed by atoms with E-state index < -0.39 is 10.8 Å². The van der Waals surface area contributed by atoms with Gasteiger partial charge in [-0.05, 0) is 30.3 Å². The van der Waals surface area contributed by atoms with E-state index in [9.17, 15) is 20.2 Å². The second kappa shape index (κ2) is 9.69. The fraction of sp³-hybridized carbons (Fsp3) is 0.0526. The Morgan fingerprint density at radius 1 is 1.39 bits per heavy atom. The highest BCUT2D eigenvalue weighted by Gasteiger charge is 2.16. The zero-order valence-electron chi connectivity index (χ0n) is 14.3. The lowest BCUT2D eigenvalue weighted by atomic mass is 10.1. The predicted molar refractivity (Wildman–Crippen MR) is 110 cm³/mol. The molecule has 0 aliphatic heterocycles. The van der Waals surface area contributed by atoms with Gasteiger partial charge < -0.3 is 10.1 Å². The van der Waals surface area contributed by atoms with Gasteiger partial charge in [-0.25, -0.2) is 0 Å². The summed E-state index contributed by atoms with van der Waals surface area (Å²) in [5, 5.41) is 22.8. The molecular weight excluding hydrogens is 450 g/mol. The number of benzene rings is 2. The molecule has 0 unspecified atom stereocenters. The second-order valence-electron chi connectivity index (χ2n) is 5.33. The molecule has 0 radical (unpaired) electrons. The number of rotatable bonds is 7. The Balaban J connectivity index is 2.36. The van der Waals surface area contributed by atoms with E-state index in [0.29, 0.717) is 11.3 Å². The number of halogens is 2. The number of amides is 1. The molecule has 0 aliphatic carbocycles. The number of hydrogen-bond acceptors (Lipinski definition) is 5. The summed E-state index contributed by atoms with van der Waals surface area (Å²) in [6.07, 6.45) is 2.92. The zero-order chi connectivity index (χ0) is 20.7. The summed E-state index contributed by atoms with van der Waals surface area (Å²) in [6, 6.07) is 10.6. The van der Waals surface area contributed by atoms with Crippen molar-refractivity contribution < 1.29 is 14.5 Å². The number of nitriles is 1. The Bertz CT molecular complexity index is 1010. The van der Waals surface area contributed by atoms with E-state index in [4.69, 9.17) is 16.3 Å². The molecule has 7 nitrogen and oxygen atoms in total. The number of carbonyl (C=O) groups excluding carboxylic acids is 1. The summed E-state index contributed by atoms with van der Waals surface area (Å²) >= 11 is 9.31. The third kappa shape index (κ3) is 5.42. The van der Waals surface area contributed by atoms with Crippen LogP contribution in [-0.4, -0.2) is 17.4 Å². The van der Waals surface area contributed by atoms with Crippen LogP contribution < -0.4 is 10.1 Å². The van der Waals surface area contributed by atoms with Crippen molar-refractivity contribution in [3.8, 4) is 11.8 Å². The third-order valence-corrected chi connectivity index (χ3v) is 4.23. The first kappa shape index (κ1) is 21.2. The van der Waals surface area contributed by atoms with Crippen molar-refractivity contribution in [2.24, 2.45) is 0 Å². The number of anilines is 1. The van der Waals surface area contributed by atoms with Crippen LogP contribution in [0.5, 0.6) is 5.75 Å². The number of nitro groups is 1. The van der Waals surface area contributed by atoms with Crippen molar-refractivity contribution in [2.75, 3.05) is 11.9 Å². The quantitative estimate of drug-likeness (QED) is 0.202. The lowest BCUT2D eigenvalue weighted by Crippen LogP contribution is -2.14. The van der Waals surface area contributed by atoms with E-state index in [1.165, 1.54) is 18.2 Å². The second-order valence-corrected chi connectivity index (χ2v) is 6.65. The predicted octanol–water partition coefficient (Wildman–Crippen LogP) is 5.12. The fourth-order valence-electron chi connectivity index (χ4n) is 2.13. The minimum atomic E-state index is -0.764. The molecule has 0 fully saturated rings. The molecule has 0 saturated heterocycles. The van der Waals surface area contributed by atoms with Crippen LogP contribution in [0.1, 0.15) is 5.56 Å². The van der Waals surface area contributed by atoms with Crippen molar-refractivity contribution in [3.05, 3.63) is 79.8 Å². The van der Waals surface area contributed by atoms with E-state index in [1.54, 1.807) is 24.3 Å². The van der Waals surface area contributed by atoms with E-state index in [0.717, 1.165) is 10.5 Å². The van der Waals surface area contributed by atoms with Gasteiger partial charge in [-0.2, -0.15) is 5.26 Å². The molecule has 1 N–H and O–H groups in total. The van der Waals surface area contributed by atoms with Crippen molar-refractivity contribution in [3.63, 3.8) is 0 Å². The summed E-state index contributed by atoms with van der Waals surface area (Å²) in [4.78, 5) is 22.8. The molecule has 0 aromatic heterocycles. The first-order chi connectivity index (χ1) is 13.3. The van der Waals surface area contributed by atoms with Gasteiger partial charge in [0.25, 0.3) is 11.6 Å². The van der Waals surface area contributed by atoms with Crippen molar-refractivity contribution in [1.82, 2.24) is 0 Å². The van der Waals surface area contributed by atoms with Crippen LogP contribution in [0.2, 0.25) is 5.02 Å². The molecule has 142 valence electrons. The Morgan fingerprint density at radius 2 is 2.14 bits per heavy atom. The SMILES string of the molecule is C=CCOc1ccc(Br)cc1/C=C(\C#N)C(=O)Nc1cc([N+](=O)[O-])ccc1Cl. The summed E-state index contributed by atoms with van der Waals surface area (Å²) in [5.41, 5.74) is 0.0471. The third-order valence-electron chi connectivity index (χ3n) is 3.40. The van der Waals surface area contributed by atoms with E-state index in [1.807, 2.05) is 6.07 Å². The molecule has 2 aromatic rings. The van der Waals surface area contributed by atoms with Crippen LogP contribution in [0.4, 0.5) is 11.4 Å². The Kier molecular flexibility index (Phi) is 7.32. The first-order valence-electron chi connectivity index (χ1n) is 7.76. The van der Waals surface area contributed by atoms with E-state index >= 15 is 0 Å². The number of nitro benzene ring substituents is 1. The normalized spacial score (nSPS) is 10.7. The zero-order valence-corrected chi connectivity index (χ0v) is 16.7. The van der Waals surface area contributed by atoms with Crippen molar-refractivity contribution in [2.45, 2.75) is 0 Å².